The number of fused-ring (bicyclic) bond motifs is 1. The van der Waals surface area contributed by atoms with Crippen molar-refractivity contribution in [2.45, 2.75) is 13.5 Å². The smallest absolute Gasteiger partial charge is 0.324 e. The number of para-hydroxylation sites is 1. The zero-order valence-electron chi connectivity index (χ0n) is 18.9. The van der Waals surface area contributed by atoms with Crippen LogP contribution in [0.5, 0.6) is 0 Å². The minimum absolute atomic E-state index is 0. The quantitative estimate of drug-likeness (QED) is 0.424. The maximum Gasteiger partial charge on any atom is 0.324 e. The van der Waals surface area contributed by atoms with Crippen LogP contribution >= 0.6 is 12.4 Å². The number of amides is 2. The number of aromatic nitrogens is 4. The van der Waals surface area contributed by atoms with E-state index in [1.165, 1.54) is 12.3 Å². The number of aryl methyl sites for hydroxylation is 1. The Morgan fingerprint density at radius 2 is 1.91 bits per heavy atom. The summed E-state index contributed by atoms with van der Waals surface area (Å²) < 4.78 is 36.5. The summed E-state index contributed by atoms with van der Waals surface area (Å²) >= 11 is 0. The number of anilines is 3. The van der Waals surface area contributed by atoms with E-state index in [0.717, 1.165) is 46.8 Å². The lowest BCUT2D eigenvalue weighted by molar-refractivity contribution is 0.122. The van der Waals surface area contributed by atoms with Gasteiger partial charge in [-0.05, 0) is 37.3 Å². The number of nitrogens with two attached hydrogens (primary N) is 1. The summed E-state index contributed by atoms with van der Waals surface area (Å²) in [5.41, 5.74) is 8.03. The molecule has 0 saturated carbocycles. The largest absolute Gasteiger partial charge is 0.378 e. The first-order valence-corrected chi connectivity index (χ1v) is 10.9. The van der Waals surface area contributed by atoms with Gasteiger partial charge in [0.05, 0.1) is 36.1 Å². The molecule has 9 nitrogen and oxygen atoms in total. The number of hydrogen-bond donors (Lipinski definition) is 2. The molecule has 4 aromatic rings. The highest BCUT2D eigenvalue weighted by atomic mass is 35.5. The van der Waals surface area contributed by atoms with Crippen molar-refractivity contribution >= 4 is 46.5 Å². The van der Waals surface area contributed by atoms with Crippen molar-refractivity contribution in [2.75, 3.05) is 36.1 Å². The molecule has 0 aliphatic carbocycles. The average Bonchev–Trinajstić information content (AvgIpc) is 3.45. The van der Waals surface area contributed by atoms with Crippen molar-refractivity contribution in [3.05, 3.63) is 54.2 Å². The molecule has 1 fully saturated rings. The van der Waals surface area contributed by atoms with Gasteiger partial charge in [-0.2, -0.15) is 5.10 Å². The molecule has 0 atom stereocenters. The molecule has 1 aliphatic heterocycles. The van der Waals surface area contributed by atoms with E-state index in [9.17, 15) is 13.6 Å². The number of halogens is 3. The molecular weight excluding hydrogens is 480 g/mol. The number of benzene rings is 2. The maximum absolute atomic E-state index is 14.6. The van der Waals surface area contributed by atoms with Crippen molar-refractivity contribution in [3.8, 4) is 11.5 Å². The Morgan fingerprint density at radius 3 is 2.57 bits per heavy atom. The Morgan fingerprint density at radius 1 is 1.20 bits per heavy atom. The Labute approximate surface area is 205 Å². The van der Waals surface area contributed by atoms with Gasteiger partial charge >= 0.3 is 6.03 Å². The van der Waals surface area contributed by atoms with Gasteiger partial charge in [0.15, 0.2) is 5.82 Å². The predicted molar refractivity (Wildman–Crippen MR) is 131 cm³/mol. The summed E-state index contributed by atoms with van der Waals surface area (Å²) in [6.07, 6.45) is 1.30. The second kappa shape index (κ2) is 9.88. The number of nitrogens with zero attached hydrogens (tertiary/aromatic N) is 5. The number of H-pyrrole nitrogens is 1. The van der Waals surface area contributed by atoms with Gasteiger partial charge in [-0.3, -0.25) is 10.00 Å². The molecule has 35 heavy (non-hydrogen) atoms. The lowest BCUT2D eigenvalue weighted by atomic mass is 10.2. The van der Waals surface area contributed by atoms with Crippen LogP contribution in [-0.2, 0) is 11.3 Å². The minimum Gasteiger partial charge on any atom is -0.378 e. The van der Waals surface area contributed by atoms with E-state index in [1.54, 1.807) is 0 Å². The van der Waals surface area contributed by atoms with E-state index in [0.29, 0.717) is 31.3 Å². The van der Waals surface area contributed by atoms with Crippen molar-refractivity contribution in [1.29, 1.82) is 0 Å². The first kappa shape index (κ1) is 24.4. The summed E-state index contributed by atoms with van der Waals surface area (Å²) in [7, 11) is 0. The Hall–Kier alpha value is -3.70. The molecule has 2 aromatic heterocycles. The third-order valence-electron chi connectivity index (χ3n) is 5.89. The highest BCUT2D eigenvalue weighted by Crippen LogP contribution is 2.37. The molecule has 184 valence electrons. The van der Waals surface area contributed by atoms with Crippen molar-refractivity contribution in [3.63, 3.8) is 0 Å². The van der Waals surface area contributed by atoms with Crippen LogP contribution in [0.2, 0.25) is 0 Å². The van der Waals surface area contributed by atoms with E-state index < -0.39 is 23.4 Å². The number of urea groups is 1. The standard InChI is InChI=1S/C23H23F2N7O2.ClH/c1-2-31-18-7-6-14(30-8-10-34-11-9-30)12-17(18)28-22(31)20-19(13-27-29-20)32(23(26)33)21-15(24)4-3-5-16(21)25;/h3-7,12-13H,2,8-11H2,1H3,(H2,26,33)(H,27,29);1H. The number of primary amides is 1. The molecule has 5 rings (SSSR count). The molecule has 1 saturated heterocycles. The summed E-state index contributed by atoms with van der Waals surface area (Å²) in [6, 6.07) is 8.29. The van der Waals surface area contributed by atoms with Crippen LogP contribution in [0.15, 0.2) is 42.6 Å². The van der Waals surface area contributed by atoms with Crippen LogP contribution in [0.3, 0.4) is 0 Å². The van der Waals surface area contributed by atoms with E-state index >= 15 is 0 Å². The summed E-state index contributed by atoms with van der Waals surface area (Å²) in [6.45, 7) is 5.43. The summed E-state index contributed by atoms with van der Waals surface area (Å²) in [4.78, 5) is 20.1. The molecule has 0 radical (unpaired) electrons. The van der Waals surface area contributed by atoms with Gasteiger partial charge in [0, 0.05) is 25.3 Å². The van der Waals surface area contributed by atoms with Crippen LogP contribution in [0.4, 0.5) is 30.6 Å². The zero-order chi connectivity index (χ0) is 23.8. The zero-order valence-corrected chi connectivity index (χ0v) is 19.7. The van der Waals surface area contributed by atoms with Gasteiger partial charge in [0.25, 0.3) is 0 Å². The number of imidazole rings is 1. The number of ether oxygens (including phenoxy) is 1. The summed E-state index contributed by atoms with van der Waals surface area (Å²) in [5, 5.41) is 6.85. The highest BCUT2D eigenvalue weighted by Gasteiger charge is 2.28. The van der Waals surface area contributed by atoms with Crippen LogP contribution in [0.1, 0.15) is 6.92 Å². The van der Waals surface area contributed by atoms with Gasteiger partial charge in [-0.1, -0.05) is 6.07 Å². The van der Waals surface area contributed by atoms with Crippen molar-refractivity contribution < 1.29 is 18.3 Å². The Kier molecular flexibility index (Phi) is 6.90. The van der Waals surface area contributed by atoms with E-state index in [4.69, 9.17) is 15.5 Å². The number of carbonyl (C=O) groups is 1. The average molecular weight is 504 g/mol. The van der Waals surface area contributed by atoms with Gasteiger partial charge < -0.3 is 19.9 Å². The summed E-state index contributed by atoms with van der Waals surface area (Å²) in [5.74, 6) is -1.39. The minimum atomic E-state index is -1.06. The first-order chi connectivity index (χ1) is 16.5. The second-order valence-electron chi connectivity index (χ2n) is 7.83. The van der Waals surface area contributed by atoms with Gasteiger partial charge in [0.1, 0.15) is 23.0 Å². The number of aromatic amines is 1. The van der Waals surface area contributed by atoms with E-state index in [2.05, 4.69) is 15.1 Å². The second-order valence-corrected chi connectivity index (χ2v) is 7.83. The van der Waals surface area contributed by atoms with Crippen LogP contribution in [-0.4, -0.2) is 52.1 Å². The molecule has 3 heterocycles. The van der Waals surface area contributed by atoms with Crippen LogP contribution in [0, 0.1) is 11.6 Å². The fraction of sp³-hybridized carbons (Fsp3) is 0.261. The lowest BCUT2D eigenvalue weighted by Crippen LogP contribution is -2.36. The Bertz CT molecular complexity index is 1350. The fourth-order valence-electron chi connectivity index (χ4n) is 4.31. The number of carbonyl (C=O) groups excluding carboxylic acids is 1. The maximum atomic E-state index is 14.6. The lowest BCUT2D eigenvalue weighted by Gasteiger charge is -2.28. The SMILES string of the molecule is CCn1c(-c2[nH]ncc2N(C(N)=O)c2c(F)cccc2F)nc2cc(N3CCOCC3)ccc21.Cl. The topological polar surface area (TPSA) is 105 Å². The van der Waals surface area contributed by atoms with E-state index in [-0.39, 0.29) is 18.1 Å². The van der Waals surface area contributed by atoms with Gasteiger partial charge in [0.2, 0.25) is 0 Å². The van der Waals surface area contributed by atoms with E-state index in [1.807, 2.05) is 29.7 Å². The third kappa shape index (κ3) is 4.28. The highest BCUT2D eigenvalue weighted by molar-refractivity contribution is 6.02. The predicted octanol–water partition coefficient (Wildman–Crippen LogP) is 4.20. The molecule has 12 heteroatoms. The van der Waals surface area contributed by atoms with Crippen LogP contribution in [0.25, 0.3) is 22.6 Å². The molecule has 2 aromatic carbocycles. The fourth-order valence-corrected chi connectivity index (χ4v) is 4.31. The Balaban J connectivity index is 0.00000289. The van der Waals surface area contributed by atoms with Crippen LogP contribution < -0.4 is 15.5 Å². The first-order valence-electron chi connectivity index (χ1n) is 10.9. The molecule has 3 N–H and O–H groups in total. The molecule has 0 unspecified atom stereocenters. The van der Waals surface area contributed by atoms with Crippen molar-refractivity contribution in [2.24, 2.45) is 5.73 Å². The molecule has 1 aliphatic rings. The number of morpholine rings is 1. The number of rotatable bonds is 5. The molecule has 0 spiro atoms. The molecule has 0 bridgehead atoms. The van der Waals surface area contributed by atoms with Gasteiger partial charge in [-0.15, -0.1) is 12.4 Å². The molecular formula is C23H24ClF2N7O2. The monoisotopic (exact) mass is 503 g/mol. The molecule has 2 amide bonds. The third-order valence-corrected chi connectivity index (χ3v) is 5.89. The normalized spacial score (nSPS) is 13.6. The number of nitrogens with one attached hydrogen (secondary N) is 1. The van der Waals surface area contributed by atoms with Gasteiger partial charge in [-0.25, -0.2) is 18.6 Å². The van der Waals surface area contributed by atoms with Crippen molar-refractivity contribution in [1.82, 2.24) is 19.7 Å². The number of hydrogen-bond acceptors (Lipinski definition) is 5.